The zero-order valence-electron chi connectivity index (χ0n) is 7.57. The molecule has 3 heteroatoms. The molecule has 0 saturated carbocycles. The van der Waals surface area contributed by atoms with Crippen LogP contribution in [0.1, 0.15) is 24.9 Å². The Morgan fingerprint density at radius 3 is 2.38 bits per heavy atom. The van der Waals surface area contributed by atoms with E-state index in [1.807, 2.05) is 0 Å². The standard InChI is InChI=1S/C10H14FNO/c1-7(13)6-10(12)8-2-4-9(11)5-3-8/h2-5,7,10,13H,6,12H2,1H3. The Morgan fingerprint density at radius 2 is 1.92 bits per heavy atom. The van der Waals surface area contributed by atoms with Crippen molar-refractivity contribution in [3.05, 3.63) is 35.6 Å². The molecule has 0 amide bonds. The van der Waals surface area contributed by atoms with E-state index in [0.717, 1.165) is 5.56 Å². The second-order valence-corrected chi connectivity index (χ2v) is 3.24. The molecule has 0 heterocycles. The van der Waals surface area contributed by atoms with Crippen molar-refractivity contribution >= 4 is 0 Å². The third-order valence-electron chi connectivity index (χ3n) is 1.89. The molecule has 0 aliphatic heterocycles. The quantitative estimate of drug-likeness (QED) is 0.747. The first-order valence-corrected chi connectivity index (χ1v) is 4.28. The van der Waals surface area contributed by atoms with Gasteiger partial charge in [0.2, 0.25) is 0 Å². The Bertz CT molecular complexity index is 258. The van der Waals surface area contributed by atoms with Crippen LogP contribution in [0.15, 0.2) is 24.3 Å². The maximum absolute atomic E-state index is 12.5. The number of benzene rings is 1. The van der Waals surface area contributed by atoms with Crippen LogP contribution < -0.4 is 5.73 Å². The minimum absolute atomic E-state index is 0.222. The molecular weight excluding hydrogens is 169 g/mol. The molecule has 2 nitrogen and oxygen atoms in total. The summed E-state index contributed by atoms with van der Waals surface area (Å²) in [5.74, 6) is -0.270. The number of aliphatic hydroxyl groups is 1. The fourth-order valence-corrected chi connectivity index (χ4v) is 1.21. The van der Waals surface area contributed by atoms with E-state index in [4.69, 9.17) is 10.8 Å². The molecule has 0 aliphatic rings. The third kappa shape index (κ3) is 3.13. The lowest BCUT2D eigenvalue weighted by molar-refractivity contribution is 0.175. The van der Waals surface area contributed by atoms with Crippen LogP contribution in [0.3, 0.4) is 0 Å². The molecule has 2 atom stereocenters. The number of nitrogens with two attached hydrogens (primary N) is 1. The topological polar surface area (TPSA) is 46.2 Å². The van der Waals surface area contributed by atoms with Crippen LogP contribution in [0.25, 0.3) is 0 Å². The highest BCUT2D eigenvalue weighted by Gasteiger charge is 2.08. The van der Waals surface area contributed by atoms with Gasteiger partial charge in [-0.3, -0.25) is 0 Å². The molecule has 72 valence electrons. The highest BCUT2D eigenvalue weighted by atomic mass is 19.1. The van der Waals surface area contributed by atoms with Crippen LogP contribution in [0, 0.1) is 5.82 Å². The van der Waals surface area contributed by atoms with Gasteiger partial charge in [0.25, 0.3) is 0 Å². The summed E-state index contributed by atoms with van der Waals surface area (Å²) in [6.45, 7) is 1.68. The molecule has 1 aromatic rings. The molecule has 0 spiro atoms. The Kier molecular flexibility index (Phi) is 3.39. The molecule has 0 bridgehead atoms. The molecular formula is C10H14FNO. The zero-order valence-corrected chi connectivity index (χ0v) is 7.57. The second-order valence-electron chi connectivity index (χ2n) is 3.24. The van der Waals surface area contributed by atoms with Gasteiger partial charge >= 0.3 is 0 Å². The minimum Gasteiger partial charge on any atom is -0.393 e. The molecule has 0 aliphatic carbocycles. The largest absolute Gasteiger partial charge is 0.393 e. The average Bonchev–Trinajstić information content (AvgIpc) is 2.04. The van der Waals surface area contributed by atoms with Crippen molar-refractivity contribution in [2.45, 2.75) is 25.5 Å². The van der Waals surface area contributed by atoms with Gasteiger partial charge in [0.05, 0.1) is 6.10 Å². The minimum atomic E-state index is -0.431. The molecule has 1 aromatic carbocycles. The number of hydrogen-bond donors (Lipinski definition) is 2. The lowest BCUT2D eigenvalue weighted by atomic mass is 10.0. The van der Waals surface area contributed by atoms with Gasteiger partial charge in [-0.2, -0.15) is 0 Å². The fraction of sp³-hybridized carbons (Fsp3) is 0.400. The monoisotopic (exact) mass is 183 g/mol. The summed E-state index contributed by atoms with van der Waals surface area (Å²) in [4.78, 5) is 0. The predicted molar refractivity (Wildman–Crippen MR) is 49.6 cm³/mol. The van der Waals surface area contributed by atoms with E-state index >= 15 is 0 Å². The van der Waals surface area contributed by atoms with Crippen molar-refractivity contribution in [2.75, 3.05) is 0 Å². The number of rotatable bonds is 3. The van der Waals surface area contributed by atoms with Gasteiger partial charge in [-0.1, -0.05) is 12.1 Å². The molecule has 1 rings (SSSR count). The van der Waals surface area contributed by atoms with Gasteiger partial charge in [-0.05, 0) is 31.0 Å². The van der Waals surface area contributed by atoms with Crippen molar-refractivity contribution in [1.82, 2.24) is 0 Å². The van der Waals surface area contributed by atoms with Gasteiger partial charge in [0.1, 0.15) is 5.82 Å². The van der Waals surface area contributed by atoms with Crippen LogP contribution in [-0.2, 0) is 0 Å². The van der Waals surface area contributed by atoms with Gasteiger partial charge in [0, 0.05) is 6.04 Å². The third-order valence-corrected chi connectivity index (χ3v) is 1.89. The van der Waals surface area contributed by atoms with Crippen LogP contribution in [-0.4, -0.2) is 11.2 Å². The van der Waals surface area contributed by atoms with Crippen molar-refractivity contribution in [3.8, 4) is 0 Å². The smallest absolute Gasteiger partial charge is 0.123 e. The van der Waals surface area contributed by atoms with E-state index in [0.29, 0.717) is 6.42 Å². The molecule has 3 N–H and O–H groups in total. The van der Waals surface area contributed by atoms with E-state index < -0.39 is 6.10 Å². The molecule has 13 heavy (non-hydrogen) atoms. The Balaban J connectivity index is 2.66. The average molecular weight is 183 g/mol. The second kappa shape index (κ2) is 4.35. The number of hydrogen-bond acceptors (Lipinski definition) is 2. The summed E-state index contributed by atoms with van der Waals surface area (Å²) in [7, 11) is 0. The lowest BCUT2D eigenvalue weighted by Crippen LogP contribution is -2.16. The van der Waals surface area contributed by atoms with Crippen LogP contribution in [0.2, 0.25) is 0 Å². The van der Waals surface area contributed by atoms with E-state index in [2.05, 4.69) is 0 Å². The number of halogens is 1. The summed E-state index contributed by atoms with van der Waals surface area (Å²) in [5, 5.41) is 9.08. The van der Waals surface area contributed by atoms with E-state index in [9.17, 15) is 4.39 Å². The van der Waals surface area contributed by atoms with E-state index in [1.165, 1.54) is 12.1 Å². The van der Waals surface area contributed by atoms with Crippen molar-refractivity contribution < 1.29 is 9.50 Å². The molecule has 0 aromatic heterocycles. The van der Waals surface area contributed by atoms with Gasteiger partial charge in [-0.15, -0.1) is 0 Å². The van der Waals surface area contributed by atoms with Crippen LogP contribution >= 0.6 is 0 Å². The first kappa shape index (κ1) is 10.2. The van der Waals surface area contributed by atoms with E-state index in [-0.39, 0.29) is 11.9 Å². The van der Waals surface area contributed by atoms with Crippen molar-refractivity contribution in [2.24, 2.45) is 5.73 Å². The van der Waals surface area contributed by atoms with Gasteiger partial charge < -0.3 is 10.8 Å². The summed E-state index contributed by atoms with van der Waals surface area (Å²) < 4.78 is 12.5. The van der Waals surface area contributed by atoms with E-state index in [1.54, 1.807) is 19.1 Å². The van der Waals surface area contributed by atoms with Gasteiger partial charge in [-0.25, -0.2) is 4.39 Å². The summed E-state index contributed by atoms with van der Waals surface area (Å²) in [6.07, 6.45) is 0.0612. The first-order chi connectivity index (χ1) is 6.09. The highest BCUT2D eigenvalue weighted by molar-refractivity contribution is 5.19. The molecule has 0 fully saturated rings. The summed E-state index contributed by atoms with van der Waals surface area (Å²) in [5.41, 5.74) is 6.61. The van der Waals surface area contributed by atoms with Crippen LogP contribution in [0.4, 0.5) is 4.39 Å². The summed E-state index contributed by atoms with van der Waals surface area (Å²) >= 11 is 0. The Hall–Kier alpha value is -0.930. The molecule has 0 saturated heterocycles. The van der Waals surface area contributed by atoms with Crippen molar-refractivity contribution in [1.29, 1.82) is 0 Å². The maximum atomic E-state index is 12.5. The van der Waals surface area contributed by atoms with Crippen LogP contribution in [0.5, 0.6) is 0 Å². The Labute approximate surface area is 77.2 Å². The molecule has 2 unspecified atom stereocenters. The predicted octanol–water partition coefficient (Wildman–Crippen LogP) is 1.60. The zero-order chi connectivity index (χ0) is 9.84. The van der Waals surface area contributed by atoms with Gasteiger partial charge in [0.15, 0.2) is 0 Å². The fourth-order valence-electron chi connectivity index (χ4n) is 1.21. The summed E-state index contributed by atoms with van der Waals surface area (Å²) in [6, 6.07) is 5.81. The highest BCUT2D eigenvalue weighted by Crippen LogP contribution is 2.15. The lowest BCUT2D eigenvalue weighted by Gasteiger charge is -2.13. The first-order valence-electron chi connectivity index (χ1n) is 4.28. The Morgan fingerprint density at radius 1 is 1.38 bits per heavy atom. The van der Waals surface area contributed by atoms with Crippen molar-refractivity contribution in [3.63, 3.8) is 0 Å². The molecule has 0 radical (unpaired) electrons. The number of aliphatic hydroxyl groups excluding tert-OH is 1. The maximum Gasteiger partial charge on any atom is 0.123 e. The SMILES string of the molecule is CC(O)CC(N)c1ccc(F)cc1. The normalized spacial score (nSPS) is 15.4.